The van der Waals surface area contributed by atoms with Crippen molar-refractivity contribution in [3.63, 3.8) is 0 Å². The summed E-state index contributed by atoms with van der Waals surface area (Å²) in [6.07, 6.45) is 3.81. The van der Waals surface area contributed by atoms with Crippen molar-refractivity contribution in [2.24, 2.45) is 0 Å². The minimum Gasteiger partial charge on any atom is -0.449 e. The maximum absolute atomic E-state index is 13.5. The average Bonchev–Trinajstić information content (AvgIpc) is 3.50. The lowest BCUT2D eigenvalue weighted by Gasteiger charge is -2.15. The molecule has 1 saturated carbocycles. The Labute approximate surface area is 210 Å². The molecule has 9 nitrogen and oxygen atoms in total. The molecule has 0 saturated heterocycles. The third-order valence-electron chi connectivity index (χ3n) is 6.61. The lowest BCUT2D eigenvalue weighted by atomic mass is 10.2. The topological polar surface area (TPSA) is 115 Å². The van der Waals surface area contributed by atoms with E-state index >= 15 is 0 Å². The second-order valence-electron chi connectivity index (χ2n) is 9.05. The number of hydrogen-bond acceptors (Lipinski definition) is 5. The molecule has 36 heavy (non-hydrogen) atoms. The number of nitrogens with zero attached hydrogens (tertiary/aromatic N) is 2. The monoisotopic (exact) mass is 508 g/mol. The minimum atomic E-state index is -0.765. The molecular formula is C26H25ClN4O5. The third kappa shape index (κ3) is 4.42. The molecule has 10 heteroatoms. The van der Waals surface area contributed by atoms with Crippen LogP contribution in [0.5, 0.6) is 0 Å². The standard InChI is InChI=1S/C26H25ClN4O5/c1-15-18(27)10-6-11-19(15)29-22(33)13-30-23-17-9-4-5-12-20(17)36-24(23)25(34)31(26(30)35)14-21(32)28-16-7-2-3-8-16/h4-6,9-12,16H,2-3,7-8,13-14H2,1H3,(H,28,32)(H,29,33). The van der Waals surface area contributed by atoms with Crippen LogP contribution < -0.4 is 21.9 Å². The van der Waals surface area contributed by atoms with Crippen LogP contribution in [0.3, 0.4) is 0 Å². The van der Waals surface area contributed by atoms with Crippen molar-refractivity contribution in [2.45, 2.75) is 51.7 Å². The SMILES string of the molecule is Cc1c(Cl)cccc1NC(=O)Cn1c(=O)n(CC(=O)NC2CCCC2)c(=O)c2oc3ccccc3c21. The summed E-state index contributed by atoms with van der Waals surface area (Å²) in [5.41, 5.74) is 0.248. The molecule has 0 spiro atoms. The maximum Gasteiger partial charge on any atom is 0.332 e. The number of anilines is 1. The molecule has 1 fully saturated rings. The number of carbonyl (C=O) groups excluding carboxylic acids is 2. The van der Waals surface area contributed by atoms with E-state index in [-0.39, 0.29) is 17.1 Å². The Hall–Kier alpha value is -3.85. The number of furan rings is 1. The first-order valence-electron chi connectivity index (χ1n) is 11.8. The smallest absolute Gasteiger partial charge is 0.332 e. The lowest BCUT2D eigenvalue weighted by Crippen LogP contribution is -2.46. The van der Waals surface area contributed by atoms with E-state index in [0.29, 0.717) is 27.2 Å². The quantitative estimate of drug-likeness (QED) is 0.413. The zero-order valence-electron chi connectivity index (χ0n) is 19.7. The Morgan fingerprint density at radius 1 is 1.00 bits per heavy atom. The second-order valence-corrected chi connectivity index (χ2v) is 9.45. The molecule has 4 aromatic rings. The number of halogens is 1. The normalized spacial score (nSPS) is 13.9. The van der Waals surface area contributed by atoms with E-state index in [2.05, 4.69) is 10.6 Å². The van der Waals surface area contributed by atoms with Gasteiger partial charge >= 0.3 is 5.69 Å². The Bertz CT molecular complexity index is 1610. The number of benzene rings is 2. The first kappa shape index (κ1) is 23.9. The molecule has 2 amide bonds. The van der Waals surface area contributed by atoms with Crippen LogP contribution in [0, 0.1) is 6.92 Å². The van der Waals surface area contributed by atoms with E-state index < -0.39 is 36.2 Å². The summed E-state index contributed by atoms with van der Waals surface area (Å²) in [7, 11) is 0. The molecule has 1 aliphatic carbocycles. The average molecular weight is 509 g/mol. The third-order valence-corrected chi connectivity index (χ3v) is 7.02. The summed E-state index contributed by atoms with van der Waals surface area (Å²) in [6.45, 7) is 0.917. The molecule has 2 heterocycles. The van der Waals surface area contributed by atoms with Gasteiger partial charge in [0.15, 0.2) is 0 Å². The van der Waals surface area contributed by atoms with E-state index in [9.17, 15) is 19.2 Å². The summed E-state index contributed by atoms with van der Waals surface area (Å²) >= 11 is 6.16. The van der Waals surface area contributed by atoms with Crippen LogP contribution in [0.1, 0.15) is 31.2 Å². The predicted molar refractivity (Wildman–Crippen MR) is 137 cm³/mol. The van der Waals surface area contributed by atoms with Gasteiger partial charge in [-0.25, -0.2) is 9.36 Å². The van der Waals surface area contributed by atoms with Crippen LogP contribution in [0.2, 0.25) is 5.02 Å². The summed E-state index contributed by atoms with van der Waals surface area (Å²) in [5, 5.41) is 6.69. The van der Waals surface area contributed by atoms with Gasteiger partial charge in [0.1, 0.15) is 24.2 Å². The Balaban J connectivity index is 1.56. The van der Waals surface area contributed by atoms with E-state index in [1.165, 1.54) is 4.57 Å². The number of carbonyl (C=O) groups is 2. The van der Waals surface area contributed by atoms with Gasteiger partial charge in [0.05, 0.1) is 0 Å². The van der Waals surface area contributed by atoms with Crippen LogP contribution in [-0.2, 0) is 22.7 Å². The molecule has 5 rings (SSSR count). The van der Waals surface area contributed by atoms with Gasteiger partial charge in [-0.1, -0.05) is 42.6 Å². The van der Waals surface area contributed by atoms with Crippen LogP contribution >= 0.6 is 11.6 Å². The lowest BCUT2D eigenvalue weighted by molar-refractivity contribution is -0.122. The summed E-state index contributed by atoms with van der Waals surface area (Å²) in [4.78, 5) is 52.5. The number of nitrogens with one attached hydrogen (secondary N) is 2. The van der Waals surface area contributed by atoms with Gasteiger partial charge in [0.25, 0.3) is 5.56 Å². The Morgan fingerprint density at radius 2 is 1.72 bits per heavy atom. The highest BCUT2D eigenvalue weighted by molar-refractivity contribution is 6.31. The van der Waals surface area contributed by atoms with Crippen molar-refractivity contribution in [2.75, 3.05) is 5.32 Å². The summed E-state index contributed by atoms with van der Waals surface area (Å²) in [5.74, 6) is -0.920. The van der Waals surface area contributed by atoms with Crippen molar-refractivity contribution in [3.8, 4) is 0 Å². The molecule has 1 aliphatic rings. The van der Waals surface area contributed by atoms with Gasteiger partial charge in [-0.2, -0.15) is 0 Å². The van der Waals surface area contributed by atoms with Crippen LogP contribution in [0.25, 0.3) is 22.1 Å². The first-order valence-corrected chi connectivity index (χ1v) is 12.2. The number of fused-ring (bicyclic) bond motifs is 3. The van der Waals surface area contributed by atoms with Gasteiger partial charge in [0.2, 0.25) is 17.4 Å². The Kier molecular flexibility index (Phi) is 6.40. The van der Waals surface area contributed by atoms with E-state index in [0.717, 1.165) is 30.3 Å². The summed E-state index contributed by atoms with van der Waals surface area (Å²) < 4.78 is 7.80. The second kappa shape index (κ2) is 9.66. The maximum atomic E-state index is 13.5. The largest absolute Gasteiger partial charge is 0.449 e. The molecule has 0 bridgehead atoms. The molecule has 0 unspecified atom stereocenters. The molecular weight excluding hydrogens is 484 g/mol. The van der Waals surface area contributed by atoms with Gasteiger partial charge < -0.3 is 15.1 Å². The van der Waals surface area contributed by atoms with Crippen molar-refractivity contribution in [1.82, 2.24) is 14.5 Å². The van der Waals surface area contributed by atoms with Crippen LogP contribution in [-0.4, -0.2) is 27.0 Å². The first-order chi connectivity index (χ1) is 17.3. The highest BCUT2D eigenvalue weighted by Gasteiger charge is 2.24. The van der Waals surface area contributed by atoms with Gasteiger partial charge in [-0.15, -0.1) is 0 Å². The molecule has 2 aromatic carbocycles. The number of rotatable bonds is 6. The zero-order valence-corrected chi connectivity index (χ0v) is 20.4. The van der Waals surface area contributed by atoms with Gasteiger partial charge in [-0.3, -0.25) is 19.0 Å². The fourth-order valence-electron chi connectivity index (χ4n) is 4.75. The minimum absolute atomic E-state index is 0.0390. The number of amides is 2. The molecule has 0 aliphatic heterocycles. The predicted octanol–water partition coefficient (Wildman–Crippen LogP) is 3.57. The fraction of sp³-hybridized carbons (Fsp3) is 0.308. The van der Waals surface area contributed by atoms with Crippen LogP contribution in [0.15, 0.2) is 56.5 Å². The van der Waals surface area contributed by atoms with Crippen molar-refractivity contribution >= 4 is 51.2 Å². The van der Waals surface area contributed by atoms with E-state index in [1.807, 2.05) is 0 Å². The number of hydrogen-bond donors (Lipinski definition) is 2. The van der Waals surface area contributed by atoms with Crippen molar-refractivity contribution < 1.29 is 14.0 Å². The van der Waals surface area contributed by atoms with Crippen LogP contribution in [0.4, 0.5) is 5.69 Å². The molecule has 2 aromatic heterocycles. The van der Waals surface area contributed by atoms with E-state index in [1.54, 1.807) is 49.4 Å². The number of para-hydroxylation sites is 1. The molecule has 0 atom stereocenters. The fourth-order valence-corrected chi connectivity index (χ4v) is 4.92. The molecule has 2 N–H and O–H groups in total. The summed E-state index contributed by atoms with van der Waals surface area (Å²) in [6, 6.07) is 12.1. The van der Waals surface area contributed by atoms with E-state index in [4.69, 9.17) is 16.0 Å². The van der Waals surface area contributed by atoms with Gasteiger partial charge in [0, 0.05) is 22.1 Å². The van der Waals surface area contributed by atoms with Gasteiger partial charge in [-0.05, 0) is 49.6 Å². The highest BCUT2D eigenvalue weighted by Crippen LogP contribution is 2.26. The van der Waals surface area contributed by atoms with Crippen molar-refractivity contribution in [1.29, 1.82) is 0 Å². The molecule has 0 radical (unpaired) electrons. The molecule has 186 valence electrons. The van der Waals surface area contributed by atoms with Crippen molar-refractivity contribution in [3.05, 3.63) is 73.9 Å². The highest BCUT2D eigenvalue weighted by atomic mass is 35.5. The zero-order chi connectivity index (χ0) is 25.4. The Morgan fingerprint density at radius 3 is 2.50 bits per heavy atom. The number of aromatic nitrogens is 2.